The first-order valence-electron chi connectivity index (χ1n) is 5.94. The molecule has 0 heterocycles. The van der Waals surface area contributed by atoms with E-state index in [-0.39, 0.29) is 0 Å². The van der Waals surface area contributed by atoms with Gasteiger partial charge in [0.25, 0.3) is 0 Å². The van der Waals surface area contributed by atoms with Gasteiger partial charge in [-0.1, -0.05) is 52.9 Å². The number of hydrogen-bond donors (Lipinski definition) is 1. The van der Waals surface area contributed by atoms with E-state index < -0.39 is 0 Å². The molecule has 0 aromatic carbocycles. The maximum absolute atomic E-state index is 5.66. The summed E-state index contributed by atoms with van der Waals surface area (Å²) in [5.41, 5.74) is 5.66. The van der Waals surface area contributed by atoms with E-state index in [9.17, 15) is 0 Å². The summed E-state index contributed by atoms with van der Waals surface area (Å²) in [5, 5.41) is 0. The van der Waals surface area contributed by atoms with Crippen LogP contribution in [0.2, 0.25) is 0 Å². The minimum atomic E-state index is 0.772. The highest BCUT2D eigenvalue weighted by atomic mass is 14.5. The first-order valence-corrected chi connectivity index (χ1v) is 5.94. The van der Waals surface area contributed by atoms with Crippen LogP contribution in [-0.2, 0) is 0 Å². The van der Waals surface area contributed by atoms with Crippen molar-refractivity contribution in [3.05, 3.63) is 0 Å². The van der Waals surface area contributed by atoms with E-state index in [1.807, 2.05) is 0 Å². The van der Waals surface area contributed by atoms with Crippen LogP contribution in [0.25, 0.3) is 0 Å². The Labute approximate surface area is 84.1 Å². The Kier molecular flexibility index (Phi) is 8.53. The van der Waals surface area contributed by atoms with Gasteiger partial charge in [-0.05, 0) is 24.8 Å². The molecule has 0 aromatic heterocycles. The predicted molar refractivity (Wildman–Crippen MR) is 60.8 cm³/mol. The smallest absolute Gasteiger partial charge is 0.00490 e. The molecule has 0 aromatic rings. The predicted octanol–water partition coefficient (Wildman–Crippen LogP) is 3.58. The van der Waals surface area contributed by atoms with Crippen LogP contribution in [0.1, 0.15) is 59.3 Å². The molecule has 1 heteroatoms. The average Bonchev–Trinajstić information content (AvgIpc) is 2.13. The van der Waals surface area contributed by atoms with Gasteiger partial charge in [0.1, 0.15) is 0 Å². The molecule has 0 aliphatic heterocycles. The molecule has 80 valence electrons. The van der Waals surface area contributed by atoms with E-state index in [0.29, 0.717) is 0 Å². The fraction of sp³-hybridized carbons (Fsp3) is 1.00. The molecule has 0 fully saturated rings. The van der Waals surface area contributed by atoms with Crippen molar-refractivity contribution in [2.24, 2.45) is 17.6 Å². The lowest BCUT2D eigenvalue weighted by Gasteiger charge is -2.14. The first kappa shape index (κ1) is 13.0. The van der Waals surface area contributed by atoms with E-state index >= 15 is 0 Å². The standard InChI is InChI=1S/C12H27N/c1-4-7-11(3)8-6-9-12(5-2)10-13/h11-12H,4-10,13H2,1-3H3. The number of rotatable bonds is 8. The van der Waals surface area contributed by atoms with Crippen molar-refractivity contribution in [1.29, 1.82) is 0 Å². The molecule has 1 nitrogen and oxygen atoms in total. The highest BCUT2D eigenvalue weighted by Gasteiger charge is 2.05. The average molecular weight is 185 g/mol. The largest absolute Gasteiger partial charge is 0.330 e. The first-order chi connectivity index (χ1) is 6.24. The Morgan fingerprint density at radius 1 is 1.08 bits per heavy atom. The summed E-state index contributed by atoms with van der Waals surface area (Å²) in [6.45, 7) is 7.75. The third-order valence-corrected chi connectivity index (χ3v) is 3.00. The maximum atomic E-state index is 5.66. The second kappa shape index (κ2) is 8.55. The highest BCUT2D eigenvalue weighted by Crippen LogP contribution is 2.17. The summed E-state index contributed by atoms with van der Waals surface area (Å²) >= 11 is 0. The minimum absolute atomic E-state index is 0.772. The summed E-state index contributed by atoms with van der Waals surface area (Å²) in [4.78, 5) is 0. The van der Waals surface area contributed by atoms with E-state index in [1.54, 1.807) is 0 Å². The summed E-state index contributed by atoms with van der Waals surface area (Å²) in [6, 6.07) is 0. The quantitative estimate of drug-likeness (QED) is 0.614. The molecule has 0 aliphatic rings. The maximum Gasteiger partial charge on any atom is -0.00490 e. The lowest BCUT2D eigenvalue weighted by molar-refractivity contribution is 0.404. The zero-order valence-corrected chi connectivity index (χ0v) is 9.68. The number of hydrogen-bond acceptors (Lipinski definition) is 1. The van der Waals surface area contributed by atoms with Crippen molar-refractivity contribution in [3.63, 3.8) is 0 Å². The Morgan fingerprint density at radius 2 is 1.77 bits per heavy atom. The van der Waals surface area contributed by atoms with Crippen LogP contribution in [0.15, 0.2) is 0 Å². The molecule has 0 spiro atoms. The van der Waals surface area contributed by atoms with Crippen molar-refractivity contribution in [1.82, 2.24) is 0 Å². The van der Waals surface area contributed by atoms with Crippen molar-refractivity contribution in [2.45, 2.75) is 59.3 Å². The van der Waals surface area contributed by atoms with Crippen LogP contribution in [0.4, 0.5) is 0 Å². The van der Waals surface area contributed by atoms with Crippen LogP contribution < -0.4 is 5.73 Å². The zero-order valence-electron chi connectivity index (χ0n) is 9.68. The van der Waals surface area contributed by atoms with Gasteiger partial charge in [0.05, 0.1) is 0 Å². The van der Waals surface area contributed by atoms with Gasteiger partial charge in [-0.15, -0.1) is 0 Å². The Morgan fingerprint density at radius 3 is 2.23 bits per heavy atom. The van der Waals surface area contributed by atoms with Crippen molar-refractivity contribution in [3.8, 4) is 0 Å². The van der Waals surface area contributed by atoms with Crippen molar-refractivity contribution in [2.75, 3.05) is 6.54 Å². The molecule has 0 aliphatic carbocycles. The minimum Gasteiger partial charge on any atom is -0.330 e. The summed E-state index contributed by atoms with van der Waals surface area (Å²) in [6.07, 6.45) is 8.07. The molecule has 13 heavy (non-hydrogen) atoms. The Balaban J connectivity index is 3.32. The molecule has 2 unspecified atom stereocenters. The molecule has 0 saturated carbocycles. The fourth-order valence-electron chi connectivity index (χ4n) is 1.88. The molecule has 0 bridgehead atoms. The van der Waals surface area contributed by atoms with Crippen molar-refractivity contribution >= 4 is 0 Å². The zero-order chi connectivity index (χ0) is 10.1. The van der Waals surface area contributed by atoms with Crippen molar-refractivity contribution < 1.29 is 0 Å². The molecular formula is C12H27N. The summed E-state index contributed by atoms with van der Waals surface area (Å²) in [7, 11) is 0. The van der Waals surface area contributed by atoms with Gasteiger partial charge in [0.2, 0.25) is 0 Å². The van der Waals surface area contributed by atoms with Gasteiger partial charge in [-0.25, -0.2) is 0 Å². The Bertz CT molecular complexity index is 97.3. The van der Waals surface area contributed by atoms with E-state index in [0.717, 1.165) is 18.4 Å². The van der Waals surface area contributed by atoms with Gasteiger partial charge in [-0.2, -0.15) is 0 Å². The molecule has 0 saturated heterocycles. The fourth-order valence-corrected chi connectivity index (χ4v) is 1.88. The van der Waals surface area contributed by atoms with E-state index in [4.69, 9.17) is 5.73 Å². The molecule has 0 rings (SSSR count). The third kappa shape index (κ3) is 7.06. The number of nitrogens with two attached hydrogens (primary N) is 1. The lowest BCUT2D eigenvalue weighted by atomic mass is 9.94. The lowest BCUT2D eigenvalue weighted by Crippen LogP contribution is -2.13. The van der Waals surface area contributed by atoms with E-state index in [2.05, 4.69) is 20.8 Å². The second-order valence-electron chi connectivity index (χ2n) is 4.33. The van der Waals surface area contributed by atoms with Crippen LogP contribution in [-0.4, -0.2) is 6.54 Å². The van der Waals surface area contributed by atoms with Crippen LogP contribution in [0.5, 0.6) is 0 Å². The van der Waals surface area contributed by atoms with Crippen LogP contribution in [0.3, 0.4) is 0 Å². The van der Waals surface area contributed by atoms with Gasteiger partial charge < -0.3 is 5.73 Å². The van der Waals surface area contributed by atoms with Gasteiger partial charge in [0.15, 0.2) is 0 Å². The highest BCUT2D eigenvalue weighted by molar-refractivity contribution is 4.60. The van der Waals surface area contributed by atoms with Gasteiger partial charge in [0, 0.05) is 0 Å². The van der Waals surface area contributed by atoms with Gasteiger partial charge in [-0.3, -0.25) is 0 Å². The molecule has 2 N–H and O–H groups in total. The molecule has 0 radical (unpaired) electrons. The van der Waals surface area contributed by atoms with E-state index in [1.165, 1.54) is 38.5 Å². The molecular weight excluding hydrogens is 158 g/mol. The topological polar surface area (TPSA) is 26.0 Å². The summed E-state index contributed by atoms with van der Waals surface area (Å²) < 4.78 is 0. The van der Waals surface area contributed by atoms with Gasteiger partial charge >= 0.3 is 0 Å². The summed E-state index contributed by atoms with van der Waals surface area (Å²) in [5.74, 6) is 1.69. The van der Waals surface area contributed by atoms with Crippen LogP contribution >= 0.6 is 0 Å². The SMILES string of the molecule is CCCC(C)CCCC(CC)CN. The Hall–Kier alpha value is -0.0400. The monoisotopic (exact) mass is 185 g/mol. The molecule has 0 amide bonds. The van der Waals surface area contributed by atoms with Crippen LogP contribution in [0, 0.1) is 11.8 Å². The second-order valence-corrected chi connectivity index (χ2v) is 4.33. The normalized spacial score (nSPS) is 15.7. The molecule has 2 atom stereocenters. The third-order valence-electron chi connectivity index (χ3n) is 3.00.